The maximum Gasteiger partial charge on any atom is 0.125 e. The molecule has 1 aliphatic carbocycles. The van der Waals surface area contributed by atoms with Crippen molar-refractivity contribution in [2.75, 3.05) is 12.4 Å². The number of alkyl halides is 1. The van der Waals surface area contributed by atoms with Crippen LogP contribution in [0.2, 0.25) is 0 Å². The lowest BCUT2D eigenvalue weighted by molar-refractivity contribution is 0.193. The summed E-state index contributed by atoms with van der Waals surface area (Å²) in [6.45, 7) is 4.52. The van der Waals surface area contributed by atoms with Gasteiger partial charge in [-0.2, -0.15) is 0 Å². The summed E-state index contributed by atoms with van der Waals surface area (Å²) < 4.78 is 4.84. The molecule has 0 spiro atoms. The Morgan fingerprint density at radius 3 is 2.83 bits per heavy atom. The van der Waals surface area contributed by atoms with E-state index in [4.69, 9.17) is 4.74 Å². The highest BCUT2D eigenvalue weighted by Gasteiger charge is 2.42. The van der Waals surface area contributed by atoms with E-state index in [1.807, 2.05) is 0 Å². The van der Waals surface area contributed by atoms with Gasteiger partial charge >= 0.3 is 0 Å². The van der Waals surface area contributed by atoms with Gasteiger partial charge in [0.2, 0.25) is 0 Å². The molecule has 0 bridgehead atoms. The predicted octanol–water partition coefficient (Wildman–Crippen LogP) is 3.11. The van der Waals surface area contributed by atoms with Crippen molar-refractivity contribution in [2.24, 2.45) is 11.3 Å². The van der Waals surface area contributed by atoms with Crippen LogP contribution < -0.4 is 0 Å². The number of hydrogen-bond donors (Lipinski definition) is 0. The highest BCUT2D eigenvalue weighted by molar-refractivity contribution is 9.09. The third-order valence-corrected chi connectivity index (χ3v) is 3.57. The van der Waals surface area contributed by atoms with Crippen molar-refractivity contribution in [3.8, 4) is 0 Å². The second kappa shape index (κ2) is 3.68. The SMILES string of the molecule is COC=C=C1CC(CBr)C1(C)C. The van der Waals surface area contributed by atoms with Crippen LogP contribution >= 0.6 is 15.9 Å². The number of allylic oxidation sites excluding steroid dienone is 1. The summed E-state index contributed by atoms with van der Waals surface area (Å²) in [5, 5.41) is 1.08. The van der Waals surface area contributed by atoms with E-state index in [1.165, 1.54) is 5.57 Å². The smallest absolute Gasteiger partial charge is 0.125 e. The summed E-state index contributed by atoms with van der Waals surface area (Å²) in [7, 11) is 1.65. The molecule has 0 heterocycles. The highest BCUT2D eigenvalue weighted by Crippen LogP contribution is 2.50. The van der Waals surface area contributed by atoms with E-state index in [2.05, 4.69) is 35.5 Å². The molecule has 12 heavy (non-hydrogen) atoms. The van der Waals surface area contributed by atoms with Crippen molar-refractivity contribution in [3.05, 3.63) is 17.6 Å². The van der Waals surface area contributed by atoms with Crippen molar-refractivity contribution in [1.29, 1.82) is 0 Å². The van der Waals surface area contributed by atoms with Crippen molar-refractivity contribution < 1.29 is 4.74 Å². The van der Waals surface area contributed by atoms with Gasteiger partial charge in [-0.05, 0) is 23.3 Å². The molecule has 1 rings (SSSR count). The monoisotopic (exact) mass is 230 g/mol. The molecule has 0 aromatic rings. The third-order valence-electron chi connectivity index (χ3n) is 2.79. The second-order valence-electron chi connectivity index (χ2n) is 3.75. The minimum Gasteiger partial charge on any atom is -0.496 e. The van der Waals surface area contributed by atoms with Gasteiger partial charge in [0, 0.05) is 5.33 Å². The van der Waals surface area contributed by atoms with Gasteiger partial charge in [0.1, 0.15) is 6.26 Å². The number of methoxy groups -OCH3 is 1. The third kappa shape index (κ3) is 1.60. The molecule has 0 aliphatic heterocycles. The molecule has 0 amide bonds. The lowest BCUT2D eigenvalue weighted by atomic mass is 9.60. The van der Waals surface area contributed by atoms with E-state index in [9.17, 15) is 0 Å². The van der Waals surface area contributed by atoms with E-state index in [0.29, 0.717) is 5.41 Å². The zero-order valence-corrected chi connectivity index (χ0v) is 9.44. The van der Waals surface area contributed by atoms with Crippen molar-refractivity contribution in [2.45, 2.75) is 20.3 Å². The average molecular weight is 231 g/mol. The maximum atomic E-state index is 4.84. The van der Waals surface area contributed by atoms with Gasteiger partial charge in [0.25, 0.3) is 0 Å². The second-order valence-corrected chi connectivity index (χ2v) is 4.40. The normalized spacial score (nSPS) is 25.7. The maximum absolute atomic E-state index is 4.84. The van der Waals surface area contributed by atoms with Crippen LogP contribution in [0.1, 0.15) is 20.3 Å². The van der Waals surface area contributed by atoms with Crippen molar-refractivity contribution in [3.63, 3.8) is 0 Å². The molecule has 0 aromatic heterocycles. The van der Waals surface area contributed by atoms with Crippen LogP contribution in [0.4, 0.5) is 0 Å². The van der Waals surface area contributed by atoms with E-state index in [0.717, 1.165) is 17.7 Å². The molecule has 2 heteroatoms. The quantitative estimate of drug-likeness (QED) is 0.403. The highest BCUT2D eigenvalue weighted by atomic mass is 79.9. The Balaban J connectivity index is 2.71. The minimum atomic E-state index is 0.304. The first-order valence-corrected chi connectivity index (χ1v) is 5.28. The van der Waals surface area contributed by atoms with Gasteiger partial charge < -0.3 is 4.74 Å². The summed E-state index contributed by atoms with van der Waals surface area (Å²) in [6.07, 6.45) is 2.79. The van der Waals surface area contributed by atoms with Crippen LogP contribution in [-0.2, 0) is 4.74 Å². The average Bonchev–Trinajstić information content (AvgIpc) is 2.03. The largest absolute Gasteiger partial charge is 0.496 e. The van der Waals surface area contributed by atoms with Crippen molar-refractivity contribution in [1.82, 2.24) is 0 Å². The summed E-state index contributed by atoms with van der Waals surface area (Å²) in [6, 6.07) is 0. The Bertz CT molecular complexity index is 224. The van der Waals surface area contributed by atoms with Gasteiger partial charge in [0.15, 0.2) is 0 Å². The topological polar surface area (TPSA) is 9.23 Å². The first-order chi connectivity index (χ1) is 5.62. The standard InChI is InChI=1S/C10H15BrO/c1-10(2)8(4-5-12-3)6-9(10)7-11/h5,9H,6-7H2,1-3H3. The lowest BCUT2D eigenvalue weighted by Crippen LogP contribution is -2.38. The first-order valence-electron chi connectivity index (χ1n) is 4.16. The molecule has 0 radical (unpaired) electrons. The fourth-order valence-corrected chi connectivity index (χ4v) is 2.54. The molecule has 1 atom stereocenters. The molecule has 1 nitrogen and oxygen atoms in total. The zero-order valence-electron chi connectivity index (χ0n) is 7.86. The molecular weight excluding hydrogens is 216 g/mol. The molecular formula is C10H15BrO. The van der Waals surface area contributed by atoms with Crippen LogP contribution in [-0.4, -0.2) is 12.4 Å². The van der Waals surface area contributed by atoms with E-state index < -0.39 is 0 Å². The number of hydrogen-bond acceptors (Lipinski definition) is 1. The molecule has 68 valence electrons. The molecule has 1 fully saturated rings. The summed E-state index contributed by atoms with van der Waals surface area (Å²) >= 11 is 3.51. The van der Waals surface area contributed by atoms with E-state index in [1.54, 1.807) is 13.4 Å². The lowest BCUT2D eigenvalue weighted by Gasteiger charge is -2.45. The van der Waals surface area contributed by atoms with E-state index >= 15 is 0 Å². The van der Waals surface area contributed by atoms with Crippen LogP contribution in [0.15, 0.2) is 17.6 Å². The summed E-state index contributed by atoms with van der Waals surface area (Å²) in [5.41, 5.74) is 4.85. The Morgan fingerprint density at radius 1 is 1.75 bits per heavy atom. The Morgan fingerprint density at radius 2 is 2.42 bits per heavy atom. The molecule has 0 saturated heterocycles. The number of rotatable bonds is 2. The number of ether oxygens (including phenoxy) is 1. The van der Waals surface area contributed by atoms with Crippen LogP contribution in [0, 0.1) is 11.3 Å². The minimum absolute atomic E-state index is 0.304. The van der Waals surface area contributed by atoms with Gasteiger partial charge in [-0.15, -0.1) is 0 Å². The summed E-state index contributed by atoms with van der Waals surface area (Å²) in [4.78, 5) is 0. The summed E-state index contributed by atoms with van der Waals surface area (Å²) in [5.74, 6) is 0.755. The molecule has 0 aromatic carbocycles. The zero-order chi connectivity index (χ0) is 9.19. The van der Waals surface area contributed by atoms with Crippen molar-refractivity contribution >= 4 is 15.9 Å². The van der Waals surface area contributed by atoms with Crippen LogP contribution in [0.25, 0.3) is 0 Å². The molecule has 1 aliphatic rings. The number of halogens is 1. The van der Waals surface area contributed by atoms with Crippen LogP contribution in [0.3, 0.4) is 0 Å². The fraction of sp³-hybridized carbons (Fsp3) is 0.700. The molecule has 1 saturated carbocycles. The predicted molar refractivity (Wildman–Crippen MR) is 54.3 cm³/mol. The van der Waals surface area contributed by atoms with E-state index in [-0.39, 0.29) is 0 Å². The fourth-order valence-electron chi connectivity index (χ4n) is 1.50. The van der Waals surface area contributed by atoms with Gasteiger partial charge in [-0.1, -0.05) is 35.5 Å². The Hall–Kier alpha value is -0.200. The van der Waals surface area contributed by atoms with Gasteiger partial charge in [-0.25, -0.2) is 0 Å². The Kier molecular flexibility index (Phi) is 3.03. The Labute approximate surface area is 82.6 Å². The van der Waals surface area contributed by atoms with Gasteiger partial charge in [0.05, 0.1) is 7.11 Å². The first kappa shape index (κ1) is 9.88. The molecule has 0 N–H and O–H groups in total. The van der Waals surface area contributed by atoms with Gasteiger partial charge in [-0.3, -0.25) is 0 Å². The van der Waals surface area contributed by atoms with Crippen LogP contribution in [0.5, 0.6) is 0 Å². The molecule has 1 unspecified atom stereocenters.